The number of anilines is 1. The highest BCUT2D eigenvalue weighted by molar-refractivity contribution is 5.93. The Morgan fingerprint density at radius 3 is 2.59 bits per heavy atom. The van der Waals surface area contributed by atoms with E-state index in [-0.39, 0.29) is 5.91 Å². The highest BCUT2D eigenvalue weighted by atomic mass is 16.1. The molecule has 0 atom stereocenters. The third-order valence-electron chi connectivity index (χ3n) is 3.32. The molecule has 0 saturated carbocycles. The molecule has 1 amide bonds. The molecular weight excluding hydrogens is 214 g/mol. The Hall–Kier alpha value is -1.55. The Labute approximate surface area is 102 Å². The Bertz CT molecular complexity index is 397. The van der Waals surface area contributed by atoms with Gasteiger partial charge < -0.3 is 15.5 Å². The van der Waals surface area contributed by atoms with Crippen LogP contribution in [0.15, 0.2) is 24.3 Å². The van der Waals surface area contributed by atoms with Crippen LogP contribution in [0.2, 0.25) is 0 Å². The number of likely N-dealkylation sites (N-methyl/N-ethyl adjacent to an activating group) is 1. The molecule has 0 radical (unpaired) electrons. The molecule has 0 bridgehead atoms. The lowest BCUT2D eigenvalue weighted by Gasteiger charge is -2.35. The van der Waals surface area contributed by atoms with E-state index in [1.54, 1.807) is 6.07 Å². The predicted octanol–water partition coefficient (Wildman–Crippen LogP) is 0.927. The monoisotopic (exact) mass is 233 g/mol. The zero-order valence-electron chi connectivity index (χ0n) is 10.2. The van der Waals surface area contributed by atoms with Crippen molar-refractivity contribution in [2.45, 2.75) is 6.92 Å². The molecule has 0 unspecified atom stereocenters. The van der Waals surface area contributed by atoms with Crippen LogP contribution >= 0.6 is 0 Å². The zero-order valence-corrected chi connectivity index (χ0v) is 10.2. The van der Waals surface area contributed by atoms with E-state index < -0.39 is 0 Å². The molecule has 0 spiro atoms. The molecule has 1 heterocycles. The standard InChI is InChI=1S/C13H19N3O/c1-2-15-6-8-16(9-7-15)12-5-3-4-11(10-12)13(14)17/h3-5,10H,2,6-9H2,1H3,(H2,14,17). The molecule has 4 heteroatoms. The third-order valence-corrected chi connectivity index (χ3v) is 3.32. The number of nitrogens with zero attached hydrogens (tertiary/aromatic N) is 2. The molecule has 17 heavy (non-hydrogen) atoms. The number of benzene rings is 1. The van der Waals surface area contributed by atoms with Gasteiger partial charge in [-0.05, 0) is 24.7 Å². The van der Waals surface area contributed by atoms with Crippen LogP contribution in [-0.4, -0.2) is 43.5 Å². The minimum atomic E-state index is -0.362. The second-order valence-corrected chi connectivity index (χ2v) is 4.34. The van der Waals surface area contributed by atoms with E-state index in [4.69, 9.17) is 5.73 Å². The second kappa shape index (κ2) is 5.19. The molecular formula is C13H19N3O. The number of rotatable bonds is 3. The van der Waals surface area contributed by atoms with Crippen molar-refractivity contribution in [3.8, 4) is 0 Å². The van der Waals surface area contributed by atoms with Crippen LogP contribution in [0.5, 0.6) is 0 Å². The van der Waals surface area contributed by atoms with Crippen molar-refractivity contribution in [2.75, 3.05) is 37.6 Å². The summed E-state index contributed by atoms with van der Waals surface area (Å²) < 4.78 is 0. The quantitative estimate of drug-likeness (QED) is 0.845. The SMILES string of the molecule is CCN1CCN(c2cccc(C(N)=O)c2)CC1. The summed E-state index contributed by atoms with van der Waals surface area (Å²) in [6, 6.07) is 7.56. The zero-order chi connectivity index (χ0) is 12.3. The normalized spacial score (nSPS) is 17.1. The number of carbonyl (C=O) groups excluding carboxylic acids is 1. The van der Waals surface area contributed by atoms with Crippen LogP contribution in [0.4, 0.5) is 5.69 Å². The minimum absolute atomic E-state index is 0.362. The first-order valence-electron chi connectivity index (χ1n) is 6.08. The maximum Gasteiger partial charge on any atom is 0.248 e. The van der Waals surface area contributed by atoms with Gasteiger partial charge in [-0.25, -0.2) is 0 Å². The third kappa shape index (κ3) is 2.77. The second-order valence-electron chi connectivity index (χ2n) is 4.34. The maximum atomic E-state index is 11.1. The van der Waals surface area contributed by atoms with Gasteiger partial charge in [0.15, 0.2) is 0 Å². The summed E-state index contributed by atoms with van der Waals surface area (Å²) in [6.07, 6.45) is 0. The number of hydrogen-bond acceptors (Lipinski definition) is 3. The predicted molar refractivity (Wildman–Crippen MR) is 69.3 cm³/mol. The molecule has 92 valence electrons. The molecule has 2 rings (SSSR count). The van der Waals surface area contributed by atoms with Crippen molar-refractivity contribution in [3.63, 3.8) is 0 Å². The van der Waals surface area contributed by atoms with Crippen LogP contribution in [-0.2, 0) is 0 Å². The average molecular weight is 233 g/mol. The molecule has 2 N–H and O–H groups in total. The van der Waals surface area contributed by atoms with E-state index in [0.29, 0.717) is 5.56 Å². The first-order chi connectivity index (χ1) is 8.20. The lowest BCUT2D eigenvalue weighted by Crippen LogP contribution is -2.46. The number of nitrogens with two attached hydrogens (primary N) is 1. The summed E-state index contributed by atoms with van der Waals surface area (Å²) in [4.78, 5) is 15.9. The fraction of sp³-hybridized carbons (Fsp3) is 0.462. The van der Waals surface area contributed by atoms with Crippen LogP contribution in [0, 0.1) is 0 Å². The van der Waals surface area contributed by atoms with Crippen molar-refractivity contribution in [1.29, 1.82) is 0 Å². The van der Waals surface area contributed by atoms with E-state index in [9.17, 15) is 4.79 Å². The Kier molecular flexibility index (Phi) is 3.64. The Balaban J connectivity index is 2.08. The largest absolute Gasteiger partial charge is 0.369 e. The van der Waals surface area contributed by atoms with Gasteiger partial charge in [-0.3, -0.25) is 4.79 Å². The molecule has 1 aliphatic rings. The molecule has 1 fully saturated rings. The fourth-order valence-electron chi connectivity index (χ4n) is 2.18. The lowest BCUT2D eigenvalue weighted by molar-refractivity contribution is 0.100. The van der Waals surface area contributed by atoms with Crippen LogP contribution < -0.4 is 10.6 Å². The highest BCUT2D eigenvalue weighted by Crippen LogP contribution is 2.17. The summed E-state index contributed by atoms with van der Waals surface area (Å²) in [5, 5.41) is 0. The average Bonchev–Trinajstić information content (AvgIpc) is 2.39. The number of carbonyl (C=O) groups is 1. The van der Waals surface area contributed by atoms with E-state index in [2.05, 4.69) is 16.7 Å². The van der Waals surface area contributed by atoms with Crippen molar-refractivity contribution >= 4 is 11.6 Å². The van der Waals surface area contributed by atoms with E-state index >= 15 is 0 Å². The van der Waals surface area contributed by atoms with Gasteiger partial charge in [-0.2, -0.15) is 0 Å². The van der Waals surface area contributed by atoms with Gasteiger partial charge in [0.1, 0.15) is 0 Å². The van der Waals surface area contributed by atoms with Gasteiger partial charge in [0.05, 0.1) is 0 Å². The summed E-state index contributed by atoms with van der Waals surface area (Å²) in [5.74, 6) is -0.362. The van der Waals surface area contributed by atoms with Crippen LogP contribution in [0.25, 0.3) is 0 Å². The Morgan fingerprint density at radius 2 is 2.00 bits per heavy atom. The maximum absolute atomic E-state index is 11.1. The smallest absolute Gasteiger partial charge is 0.248 e. The van der Waals surface area contributed by atoms with Gasteiger partial charge >= 0.3 is 0 Å². The number of primary amides is 1. The minimum Gasteiger partial charge on any atom is -0.369 e. The molecule has 1 aromatic carbocycles. The summed E-state index contributed by atoms with van der Waals surface area (Å²) in [5.41, 5.74) is 6.97. The van der Waals surface area contributed by atoms with E-state index in [1.807, 2.05) is 18.2 Å². The van der Waals surface area contributed by atoms with Gasteiger partial charge in [0.2, 0.25) is 5.91 Å². The molecule has 0 aromatic heterocycles. The summed E-state index contributed by atoms with van der Waals surface area (Å²) >= 11 is 0. The lowest BCUT2D eigenvalue weighted by atomic mass is 10.1. The first kappa shape index (κ1) is 11.9. The number of piperazine rings is 1. The van der Waals surface area contributed by atoms with Crippen molar-refractivity contribution in [2.24, 2.45) is 5.73 Å². The summed E-state index contributed by atoms with van der Waals surface area (Å²) in [6.45, 7) is 7.47. The van der Waals surface area contributed by atoms with Crippen molar-refractivity contribution in [3.05, 3.63) is 29.8 Å². The first-order valence-corrected chi connectivity index (χ1v) is 6.08. The number of amides is 1. The van der Waals surface area contributed by atoms with Gasteiger partial charge in [0.25, 0.3) is 0 Å². The number of hydrogen-bond donors (Lipinski definition) is 1. The molecule has 1 aliphatic heterocycles. The molecule has 1 aromatic rings. The summed E-state index contributed by atoms with van der Waals surface area (Å²) in [7, 11) is 0. The highest BCUT2D eigenvalue weighted by Gasteiger charge is 2.16. The van der Waals surface area contributed by atoms with Gasteiger partial charge in [-0.15, -0.1) is 0 Å². The Morgan fingerprint density at radius 1 is 1.29 bits per heavy atom. The van der Waals surface area contributed by atoms with Gasteiger partial charge in [-0.1, -0.05) is 13.0 Å². The van der Waals surface area contributed by atoms with Crippen LogP contribution in [0.3, 0.4) is 0 Å². The van der Waals surface area contributed by atoms with Crippen LogP contribution in [0.1, 0.15) is 17.3 Å². The van der Waals surface area contributed by atoms with E-state index in [0.717, 1.165) is 38.4 Å². The molecule has 1 saturated heterocycles. The fourth-order valence-corrected chi connectivity index (χ4v) is 2.18. The molecule has 4 nitrogen and oxygen atoms in total. The van der Waals surface area contributed by atoms with Crippen molar-refractivity contribution < 1.29 is 4.79 Å². The molecule has 0 aliphatic carbocycles. The van der Waals surface area contributed by atoms with Gasteiger partial charge in [0, 0.05) is 37.4 Å². The van der Waals surface area contributed by atoms with E-state index in [1.165, 1.54) is 0 Å². The topological polar surface area (TPSA) is 49.6 Å². The van der Waals surface area contributed by atoms with Crippen molar-refractivity contribution in [1.82, 2.24) is 4.90 Å².